The molecular weight excluding hydrogens is 194 g/mol. The van der Waals surface area contributed by atoms with Crippen molar-refractivity contribution < 1.29 is 14.6 Å². The lowest BCUT2D eigenvalue weighted by atomic mass is 9.83. The van der Waals surface area contributed by atoms with Gasteiger partial charge >= 0.3 is 5.97 Å². The summed E-state index contributed by atoms with van der Waals surface area (Å²) in [5, 5.41) is 12.2. The number of aliphatic hydroxyl groups excluding tert-OH is 1. The highest BCUT2D eigenvalue weighted by Gasteiger charge is 2.29. The number of carbonyl (C=O) groups is 1. The quantitative estimate of drug-likeness (QED) is 0.665. The van der Waals surface area contributed by atoms with Crippen LogP contribution in [0.1, 0.15) is 32.1 Å². The van der Waals surface area contributed by atoms with E-state index < -0.39 is 6.10 Å². The first-order valence-electron chi connectivity index (χ1n) is 5.84. The minimum Gasteiger partial charge on any atom is -0.465 e. The lowest BCUT2D eigenvalue weighted by Gasteiger charge is -2.25. The summed E-state index contributed by atoms with van der Waals surface area (Å²) in [5.41, 5.74) is 0. The normalized spacial score (nSPS) is 31.3. The summed E-state index contributed by atoms with van der Waals surface area (Å²) >= 11 is 0. The molecule has 0 radical (unpaired) electrons. The van der Waals surface area contributed by atoms with E-state index in [1.54, 1.807) is 0 Å². The third kappa shape index (κ3) is 2.92. The molecule has 2 rings (SSSR count). The van der Waals surface area contributed by atoms with Crippen LogP contribution in [0, 0.1) is 5.92 Å². The third-order valence-corrected chi connectivity index (χ3v) is 3.39. The van der Waals surface area contributed by atoms with Crippen LogP contribution in [0.2, 0.25) is 0 Å². The Balaban J connectivity index is 1.59. The molecule has 0 aromatic carbocycles. The van der Waals surface area contributed by atoms with E-state index in [4.69, 9.17) is 4.74 Å². The van der Waals surface area contributed by atoms with Gasteiger partial charge in [-0.25, -0.2) is 0 Å². The fraction of sp³-hybridized carbons (Fsp3) is 0.909. The van der Waals surface area contributed by atoms with E-state index in [2.05, 4.69) is 5.32 Å². The molecule has 0 aromatic rings. The number of esters is 1. The molecule has 0 unspecified atom stereocenters. The Bertz CT molecular complexity index is 228. The molecule has 1 aliphatic carbocycles. The number of ether oxygens (including phenoxy) is 1. The van der Waals surface area contributed by atoms with Crippen LogP contribution in [-0.4, -0.2) is 36.4 Å². The van der Waals surface area contributed by atoms with Crippen molar-refractivity contribution in [3.05, 3.63) is 0 Å². The van der Waals surface area contributed by atoms with Gasteiger partial charge in [-0.2, -0.15) is 0 Å². The molecule has 0 aromatic heterocycles. The first-order valence-corrected chi connectivity index (χ1v) is 5.84. The summed E-state index contributed by atoms with van der Waals surface area (Å²) in [6.07, 6.45) is 5.00. The standard InChI is InChI=1S/C11H19NO3/c13-9-6-10(12-7-9)11(14)15-5-4-8-2-1-3-8/h8-10,12-13H,1-7H2/t9-,10-/m0/s1. The molecular formula is C11H19NO3. The first-order chi connectivity index (χ1) is 7.25. The second kappa shape index (κ2) is 4.94. The van der Waals surface area contributed by atoms with Crippen LogP contribution in [-0.2, 0) is 9.53 Å². The molecule has 1 saturated heterocycles. The molecule has 0 amide bonds. The predicted molar refractivity (Wildman–Crippen MR) is 55.3 cm³/mol. The highest BCUT2D eigenvalue weighted by atomic mass is 16.5. The third-order valence-electron chi connectivity index (χ3n) is 3.39. The first kappa shape index (κ1) is 10.9. The molecule has 1 heterocycles. The van der Waals surface area contributed by atoms with Gasteiger partial charge in [0.25, 0.3) is 0 Å². The molecule has 2 fully saturated rings. The molecule has 2 aliphatic rings. The summed E-state index contributed by atoms with van der Waals surface area (Å²) in [6, 6.07) is -0.290. The van der Waals surface area contributed by atoms with Gasteiger partial charge in [0.15, 0.2) is 0 Å². The Morgan fingerprint density at radius 2 is 2.27 bits per heavy atom. The van der Waals surface area contributed by atoms with Crippen LogP contribution in [0.5, 0.6) is 0 Å². The summed E-state index contributed by atoms with van der Waals surface area (Å²) in [7, 11) is 0. The fourth-order valence-electron chi connectivity index (χ4n) is 2.10. The fourth-order valence-corrected chi connectivity index (χ4v) is 2.10. The minimum atomic E-state index is -0.394. The lowest BCUT2D eigenvalue weighted by Crippen LogP contribution is -2.32. The lowest BCUT2D eigenvalue weighted by molar-refractivity contribution is -0.146. The van der Waals surface area contributed by atoms with Crippen molar-refractivity contribution in [2.45, 2.75) is 44.2 Å². The van der Waals surface area contributed by atoms with Crippen LogP contribution in [0.4, 0.5) is 0 Å². The van der Waals surface area contributed by atoms with Crippen LogP contribution < -0.4 is 5.32 Å². The number of nitrogens with one attached hydrogen (secondary N) is 1. The molecule has 0 bridgehead atoms. The number of hydrogen-bond donors (Lipinski definition) is 2. The Morgan fingerprint density at radius 1 is 1.47 bits per heavy atom. The van der Waals surface area contributed by atoms with Crippen LogP contribution in [0.25, 0.3) is 0 Å². The Morgan fingerprint density at radius 3 is 2.80 bits per heavy atom. The summed E-state index contributed by atoms with van der Waals surface area (Å²) < 4.78 is 5.17. The van der Waals surface area contributed by atoms with E-state index in [-0.39, 0.29) is 12.0 Å². The molecule has 2 N–H and O–H groups in total. The Hall–Kier alpha value is -0.610. The largest absolute Gasteiger partial charge is 0.465 e. The van der Waals surface area contributed by atoms with Gasteiger partial charge in [-0.3, -0.25) is 4.79 Å². The zero-order valence-electron chi connectivity index (χ0n) is 8.95. The van der Waals surface area contributed by atoms with Crippen molar-refractivity contribution in [1.29, 1.82) is 0 Å². The Labute approximate surface area is 90.0 Å². The van der Waals surface area contributed by atoms with E-state index >= 15 is 0 Å². The van der Waals surface area contributed by atoms with E-state index in [0.717, 1.165) is 12.3 Å². The average molecular weight is 213 g/mol. The maximum Gasteiger partial charge on any atom is 0.323 e. The zero-order chi connectivity index (χ0) is 10.7. The average Bonchev–Trinajstić information content (AvgIpc) is 2.56. The van der Waals surface area contributed by atoms with E-state index in [1.165, 1.54) is 19.3 Å². The smallest absolute Gasteiger partial charge is 0.323 e. The summed E-state index contributed by atoms with van der Waals surface area (Å²) in [4.78, 5) is 11.5. The molecule has 2 atom stereocenters. The van der Waals surface area contributed by atoms with Crippen LogP contribution in [0.15, 0.2) is 0 Å². The highest BCUT2D eigenvalue weighted by molar-refractivity contribution is 5.76. The molecule has 0 spiro atoms. The van der Waals surface area contributed by atoms with Gasteiger partial charge in [0.2, 0.25) is 0 Å². The molecule has 4 heteroatoms. The minimum absolute atomic E-state index is 0.203. The number of carbonyl (C=O) groups excluding carboxylic acids is 1. The van der Waals surface area contributed by atoms with Gasteiger partial charge in [0.05, 0.1) is 12.7 Å². The van der Waals surface area contributed by atoms with Crippen molar-refractivity contribution in [3.8, 4) is 0 Å². The summed E-state index contributed by atoms with van der Waals surface area (Å²) in [5.74, 6) is 0.575. The Kier molecular flexibility index (Phi) is 3.59. The predicted octanol–water partition coefficient (Wildman–Crippen LogP) is 0.443. The maximum atomic E-state index is 11.5. The van der Waals surface area contributed by atoms with Gasteiger partial charge in [-0.1, -0.05) is 19.3 Å². The van der Waals surface area contributed by atoms with E-state index in [0.29, 0.717) is 19.6 Å². The van der Waals surface area contributed by atoms with Crippen molar-refractivity contribution >= 4 is 5.97 Å². The molecule has 4 nitrogen and oxygen atoms in total. The number of β-amino-alcohol motifs (C(OH)–C–C–N with tert-alkyl or cyclic N) is 1. The number of aliphatic hydroxyl groups is 1. The SMILES string of the molecule is O=C(OCCC1CCC1)[C@@H]1C[C@H](O)CN1. The van der Waals surface area contributed by atoms with Crippen LogP contribution in [0.3, 0.4) is 0 Å². The monoisotopic (exact) mass is 213 g/mol. The van der Waals surface area contributed by atoms with Gasteiger partial charge < -0.3 is 15.2 Å². The topological polar surface area (TPSA) is 58.6 Å². The van der Waals surface area contributed by atoms with Gasteiger partial charge in [0, 0.05) is 13.0 Å². The van der Waals surface area contributed by atoms with E-state index in [1.807, 2.05) is 0 Å². The number of rotatable bonds is 4. The second-order valence-corrected chi connectivity index (χ2v) is 4.60. The van der Waals surface area contributed by atoms with Crippen molar-refractivity contribution in [3.63, 3.8) is 0 Å². The van der Waals surface area contributed by atoms with Gasteiger partial charge in [-0.15, -0.1) is 0 Å². The highest BCUT2D eigenvalue weighted by Crippen LogP contribution is 2.29. The second-order valence-electron chi connectivity index (χ2n) is 4.60. The number of hydrogen-bond acceptors (Lipinski definition) is 4. The van der Waals surface area contributed by atoms with Crippen molar-refractivity contribution in [1.82, 2.24) is 5.32 Å². The molecule has 1 aliphatic heterocycles. The maximum absolute atomic E-state index is 11.5. The van der Waals surface area contributed by atoms with Gasteiger partial charge in [0.1, 0.15) is 6.04 Å². The van der Waals surface area contributed by atoms with E-state index in [9.17, 15) is 9.90 Å². The van der Waals surface area contributed by atoms with Crippen molar-refractivity contribution in [2.75, 3.05) is 13.2 Å². The van der Waals surface area contributed by atoms with Crippen molar-refractivity contribution in [2.24, 2.45) is 5.92 Å². The van der Waals surface area contributed by atoms with Gasteiger partial charge in [-0.05, 0) is 12.3 Å². The van der Waals surface area contributed by atoms with Crippen LogP contribution >= 0.6 is 0 Å². The molecule has 86 valence electrons. The molecule has 15 heavy (non-hydrogen) atoms. The summed E-state index contributed by atoms with van der Waals surface area (Å²) in [6.45, 7) is 1.04. The zero-order valence-corrected chi connectivity index (χ0v) is 8.95. The molecule has 1 saturated carbocycles.